The van der Waals surface area contributed by atoms with Crippen LogP contribution in [0.25, 0.3) is 10.6 Å². The summed E-state index contributed by atoms with van der Waals surface area (Å²) in [7, 11) is 0. The molecule has 3 rings (SSSR count). The Morgan fingerprint density at radius 2 is 2.25 bits per heavy atom. The Balaban J connectivity index is 2.03. The van der Waals surface area contributed by atoms with E-state index in [1.54, 1.807) is 0 Å². The lowest BCUT2D eigenvalue weighted by Gasteiger charge is -2.08. The second kappa shape index (κ2) is 4.34. The number of nitrogens with zero attached hydrogens (tertiary/aromatic N) is 1. The first-order chi connectivity index (χ1) is 7.88. The van der Waals surface area contributed by atoms with Crippen LogP contribution in [-0.4, -0.2) is 4.98 Å². The van der Waals surface area contributed by atoms with E-state index in [4.69, 9.17) is 4.42 Å². The molecule has 0 atom stereocenters. The van der Waals surface area contributed by atoms with Crippen LogP contribution in [0, 0.1) is 0 Å². The van der Waals surface area contributed by atoms with Gasteiger partial charge in [-0.15, -0.1) is 11.3 Å². The SMILES string of the molecule is BrCc1ncoc1-c1cc2c(s1)CCCC2. The molecule has 1 aliphatic carbocycles. The fourth-order valence-electron chi connectivity index (χ4n) is 2.17. The number of hydrogen-bond donors (Lipinski definition) is 0. The number of hydrogen-bond acceptors (Lipinski definition) is 3. The fourth-order valence-corrected chi connectivity index (χ4v) is 3.83. The molecule has 2 aromatic rings. The lowest BCUT2D eigenvalue weighted by atomic mass is 9.99. The quantitative estimate of drug-likeness (QED) is 0.777. The predicted molar refractivity (Wildman–Crippen MR) is 69.1 cm³/mol. The van der Waals surface area contributed by atoms with E-state index in [-0.39, 0.29) is 0 Å². The number of halogens is 1. The van der Waals surface area contributed by atoms with E-state index < -0.39 is 0 Å². The van der Waals surface area contributed by atoms with Crippen molar-refractivity contribution in [3.05, 3.63) is 28.6 Å². The molecule has 16 heavy (non-hydrogen) atoms. The van der Waals surface area contributed by atoms with Crippen molar-refractivity contribution < 1.29 is 4.42 Å². The molecule has 0 N–H and O–H groups in total. The van der Waals surface area contributed by atoms with E-state index in [1.807, 2.05) is 11.3 Å². The number of alkyl halides is 1. The third-order valence-electron chi connectivity index (χ3n) is 2.99. The van der Waals surface area contributed by atoms with E-state index in [0.29, 0.717) is 0 Å². The molecular weight excluding hydrogens is 286 g/mol. The van der Waals surface area contributed by atoms with E-state index in [0.717, 1.165) is 16.8 Å². The summed E-state index contributed by atoms with van der Waals surface area (Å²) in [5, 5.41) is 0.751. The fraction of sp³-hybridized carbons (Fsp3) is 0.417. The minimum Gasteiger partial charge on any atom is -0.442 e. The van der Waals surface area contributed by atoms with Gasteiger partial charge in [0.25, 0.3) is 0 Å². The maximum atomic E-state index is 5.49. The third kappa shape index (κ3) is 1.74. The second-order valence-corrected chi connectivity index (χ2v) is 5.73. The van der Waals surface area contributed by atoms with Crippen molar-refractivity contribution in [3.8, 4) is 10.6 Å². The molecule has 1 aliphatic rings. The zero-order valence-electron chi connectivity index (χ0n) is 8.83. The van der Waals surface area contributed by atoms with Crippen LogP contribution in [0.2, 0.25) is 0 Å². The Kier molecular flexibility index (Phi) is 2.86. The highest BCUT2D eigenvalue weighted by atomic mass is 79.9. The minimum atomic E-state index is 0.751. The number of aryl methyl sites for hydroxylation is 2. The van der Waals surface area contributed by atoms with Crippen molar-refractivity contribution in [2.45, 2.75) is 31.0 Å². The van der Waals surface area contributed by atoms with Gasteiger partial charge in [-0.2, -0.15) is 0 Å². The average molecular weight is 298 g/mol. The standard InChI is InChI=1S/C12H12BrNOS/c13-6-9-12(15-7-14-9)11-5-8-3-1-2-4-10(8)16-11/h5,7H,1-4,6H2. The largest absolute Gasteiger partial charge is 0.442 e. The molecule has 4 heteroatoms. The number of oxazole rings is 1. The molecule has 2 nitrogen and oxygen atoms in total. The first kappa shape index (κ1) is 10.5. The maximum Gasteiger partial charge on any atom is 0.181 e. The van der Waals surface area contributed by atoms with E-state index >= 15 is 0 Å². The van der Waals surface area contributed by atoms with Crippen LogP contribution in [0.3, 0.4) is 0 Å². The van der Waals surface area contributed by atoms with Crippen LogP contribution in [0.1, 0.15) is 29.0 Å². The van der Waals surface area contributed by atoms with Gasteiger partial charge in [0, 0.05) is 10.2 Å². The highest BCUT2D eigenvalue weighted by molar-refractivity contribution is 9.08. The molecule has 0 amide bonds. The van der Waals surface area contributed by atoms with Crippen molar-refractivity contribution in [2.75, 3.05) is 0 Å². The molecule has 0 saturated heterocycles. The summed E-state index contributed by atoms with van der Waals surface area (Å²) in [6.45, 7) is 0. The van der Waals surface area contributed by atoms with Gasteiger partial charge in [0.15, 0.2) is 12.2 Å². The Hall–Kier alpha value is -0.610. The van der Waals surface area contributed by atoms with Gasteiger partial charge in [0.2, 0.25) is 0 Å². The highest BCUT2D eigenvalue weighted by Gasteiger charge is 2.17. The molecule has 0 spiro atoms. The Morgan fingerprint density at radius 3 is 3.06 bits per heavy atom. The van der Waals surface area contributed by atoms with Crippen molar-refractivity contribution in [2.24, 2.45) is 0 Å². The topological polar surface area (TPSA) is 26.0 Å². The summed E-state index contributed by atoms with van der Waals surface area (Å²) in [6, 6.07) is 2.28. The molecule has 0 aliphatic heterocycles. The molecule has 0 radical (unpaired) electrons. The number of aromatic nitrogens is 1. The molecule has 2 heterocycles. The number of thiophene rings is 1. The summed E-state index contributed by atoms with van der Waals surface area (Å²) in [4.78, 5) is 6.99. The van der Waals surface area contributed by atoms with Gasteiger partial charge < -0.3 is 4.42 Å². The Morgan fingerprint density at radius 1 is 1.38 bits per heavy atom. The predicted octanol–water partition coefficient (Wildman–Crippen LogP) is 4.18. The van der Waals surface area contributed by atoms with Crippen molar-refractivity contribution in [1.29, 1.82) is 0 Å². The Labute approximate surface area is 107 Å². The van der Waals surface area contributed by atoms with Gasteiger partial charge in [0.05, 0.1) is 10.6 Å². The zero-order chi connectivity index (χ0) is 11.0. The smallest absolute Gasteiger partial charge is 0.181 e. The van der Waals surface area contributed by atoms with E-state index in [9.17, 15) is 0 Å². The Bertz CT molecular complexity index is 479. The molecule has 0 aromatic carbocycles. The summed E-state index contributed by atoms with van der Waals surface area (Å²) in [6.07, 6.45) is 6.64. The lowest BCUT2D eigenvalue weighted by Crippen LogP contribution is -1.96. The lowest BCUT2D eigenvalue weighted by molar-refractivity contribution is 0.572. The number of fused-ring (bicyclic) bond motifs is 1. The number of rotatable bonds is 2. The summed E-state index contributed by atoms with van der Waals surface area (Å²) < 4.78 is 5.49. The molecule has 0 unspecified atom stereocenters. The molecule has 0 fully saturated rings. The van der Waals surface area contributed by atoms with Crippen molar-refractivity contribution in [3.63, 3.8) is 0 Å². The minimum absolute atomic E-state index is 0.751. The van der Waals surface area contributed by atoms with Crippen LogP contribution in [0.15, 0.2) is 16.9 Å². The van der Waals surface area contributed by atoms with Gasteiger partial charge in [-0.05, 0) is 37.3 Å². The van der Waals surface area contributed by atoms with E-state index in [2.05, 4.69) is 27.0 Å². The maximum absolute atomic E-state index is 5.49. The van der Waals surface area contributed by atoms with Crippen LogP contribution in [-0.2, 0) is 18.2 Å². The first-order valence-corrected chi connectivity index (χ1v) is 7.42. The van der Waals surface area contributed by atoms with Gasteiger partial charge in [-0.25, -0.2) is 4.98 Å². The normalized spacial score (nSPS) is 15.1. The van der Waals surface area contributed by atoms with Crippen LogP contribution in [0.5, 0.6) is 0 Å². The van der Waals surface area contributed by atoms with Crippen LogP contribution in [0.4, 0.5) is 0 Å². The second-order valence-electron chi connectivity index (χ2n) is 4.03. The monoisotopic (exact) mass is 297 g/mol. The third-order valence-corrected chi connectivity index (χ3v) is 4.76. The van der Waals surface area contributed by atoms with Gasteiger partial charge in [0.1, 0.15) is 0 Å². The first-order valence-electron chi connectivity index (χ1n) is 5.49. The zero-order valence-corrected chi connectivity index (χ0v) is 11.2. The average Bonchev–Trinajstić information content (AvgIpc) is 2.94. The van der Waals surface area contributed by atoms with Crippen molar-refractivity contribution in [1.82, 2.24) is 4.98 Å². The van der Waals surface area contributed by atoms with Crippen LogP contribution >= 0.6 is 27.3 Å². The van der Waals surface area contributed by atoms with Gasteiger partial charge >= 0.3 is 0 Å². The van der Waals surface area contributed by atoms with Crippen LogP contribution < -0.4 is 0 Å². The highest BCUT2D eigenvalue weighted by Crippen LogP contribution is 2.37. The van der Waals surface area contributed by atoms with Gasteiger partial charge in [-0.1, -0.05) is 15.9 Å². The van der Waals surface area contributed by atoms with Gasteiger partial charge in [-0.3, -0.25) is 0 Å². The molecule has 0 bridgehead atoms. The molecule has 84 valence electrons. The molecule has 0 saturated carbocycles. The van der Waals surface area contributed by atoms with Crippen molar-refractivity contribution >= 4 is 27.3 Å². The summed E-state index contributed by atoms with van der Waals surface area (Å²) >= 11 is 5.31. The van der Waals surface area contributed by atoms with E-state index in [1.165, 1.54) is 47.4 Å². The summed E-state index contributed by atoms with van der Waals surface area (Å²) in [5.74, 6) is 0.941. The molecular formula is C12H12BrNOS. The summed E-state index contributed by atoms with van der Waals surface area (Å²) in [5.41, 5.74) is 2.52. The molecule has 2 aromatic heterocycles.